The molecule has 34 heavy (non-hydrogen) atoms. The number of rotatable bonds is 7. The van der Waals surface area contributed by atoms with E-state index in [9.17, 15) is 14.4 Å². The van der Waals surface area contributed by atoms with Gasteiger partial charge in [0.05, 0.1) is 12.1 Å². The number of ether oxygens (including phenoxy) is 1. The van der Waals surface area contributed by atoms with Crippen LogP contribution in [0.25, 0.3) is 5.69 Å². The Morgan fingerprint density at radius 3 is 2.18 bits per heavy atom. The van der Waals surface area contributed by atoms with Crippen molar-refractivity contribution in [1.82, 2.24) is 9.88 Å². The largest absolute Gasteiger partial charge is 0.452 e. The van der Waals surface area contributed by atoms with Gasteiger partial charge in [0.15, 0.2) is 6.61 Å². The molecule has 7 nitrogen and oxygen atoms in total. The van der Waals surface area contributed by atoms with Crippen LogP contribution >= 0.6 is 0 Å². The minimum Gasteiger partial charge on any atom is -0.452 e. The van der Waals surface area contributed by atoms with Gasteiger partial charge in [-0.1, -0.05) is 29.8 Å². The molecule has 2 aromatic carbocycles. The lowest BCUT2D eigenvalue weighted by atomic mass is 10.1. The number of nitrogens with one attached hydrogen (secondary N) is 2. The van der Waals surface area contributed by atoms with Gasteiger partial charge in [0.1, 0.15) is 0 Å². The fraction of sp³-hybridized carbons (Fsp3) is 0.296. The smallest absolute Gasteiger partial charge is 0.340 e. The fourth-order valence-electron chi connectivity index (χ4n) is 4.13. The van der Waals surface area contributed by atoms with E-state index >= 15 is 0 Å². The number of hydrogen-bond acceptors (Lipinski definition) is 4. The maximum absolute atomic E-state index is 12.6. The number of anilines is 1. The molecule has 0 atom stereocenters. The number of nitrogens with zero attached hydrogens (tertiary/aromatic N) is 1. The zero-order chi connectivity index (χ0) is 25.0. The molecule has 0 bridgehead atoms. The Balaban J connectivity index is 1.55. The highest BCUT2D eigenvalue weighted by atomic mass is 16.5. The summed E-state index contributed by atoms with van der Waals surface area (Å²) in [4.78, 5) is 37.1. The van der Waals surface area contributed by atoms with Gasteiger partial charge in [-0.05, 0) is 76.4 Å². The molecule has 3 aromatic rings. The van der Waals surface area contributed by atoms with E-state index in [-0.39, 0.29) is 12.5 Å². The van der Waals surface area contributed by atoms with Gasteiger partial charge < -0.3 is 19.9 Å². The van der Waals surface area contributed by atoms with Gasteiger partial charge in [0.2, 0.25) is 5.91 Å². The first-order valence-corrected chi connectivity index (χ1v) is 11.1. The normalized spacial score (nSPS) is 10.6. The van der Waals surface area contributed by atoms with Crippen molar-refractivity contribution in [2.24, 2.45) is 0 Å². The maximum Gasteiger partial charge on any atom is 0.340 e. The molecule has 0 aliphatic rings. The van der Waals surface area contributed by atoms with Crippen molar-refractivity contribution in [3.63, 3.8) is 0 Å². The van der Waals surface area contributed by atoms with Crippen LogP contribution in [-0.4, -0.2) is 35.5 Å². The molecule has 1 heterocycles. The van der Waals surface area contributed by atoms with Crippen molar-refractivity contribution >= 4 is 23.5 Å². The number of carbonyl (C=O) groups is 3. The fourth-order valence-corrected chi connectivity index (χ4v) is 4.13. The number of hydrogen-bond donors (Lipinski definition) is 2. The highest BCUT2D eigenvalue weighted by Gasteiger charge is 2.19. The Bertz CT molecular complexity index is 1230. The second-order valence-electron chi connectivity index (χ2n) is 8.63. The second-order valence-corrected chi connectivity index (χ2v) is 8.63. The molecule has 0 aliphatic carbocycles. The van der Waals surface area contributed by atoms with E-state index in [4.69, 9.17) is 4.74 Å². The Hall–Kier alpha value is -3.87. The summed E-state index contributed by atoms with van der Waals surface area (Å²) in [5.74, 6) is -1.48. The van der Waals surface area contributed by atoms with Gasteiger partial charge >= 0.3 is 5.97 Å². The van der Waals surface area contributed by atoms with E-state index in [0.717, 1.165) is 45.0 Å². The molecule has 2 amide bonds. The third-order valence-corrected chi connectivity index (χ3v) is 5.63. The van der Waals surface area contributed by atoms with E-state index in [1.807, 2.05) is 82.5 Å². The molecule has 7 heteroatoms. The number of aryl methyl sites for hydroxylation is 5. The third-order valence-electron chi connectivity index (χ3n) is 5.63. The van der Waals surface area contributed by atoms with Gasteiger partial charge in [-0.25, -0.2) is 4.79 Å². The predicted molar refractivity (Wildman–Crippen MR) is 133 cm³/mol. The van der Waals surface area contributed by atoms with Crippen LogP contribution in [0.1, 0.15) is 44.0 Å². The Morgan fingerprint density at radius 1 is 0.853 bits per heavy atom. The Kier molecular flexibility index (Phi) is 7.56. The van der Waals surface area contributed by atoms with Crippen molar-refractivity contribution in [3.8, 4) is 5.69 Å². The molecule has 0 spiro atoms. The summed E-state index contributed by atoms with van der Waals surface area (Å²) in [6.07, 6.45) is 0. The first-order valence-electron chi connectivity index (χ1n) is 11.1. The monoisotopic (exact) mass is 461 g/mol. The van der Waals surface area contributed by atoms with Gasteiger partial charge in [-0.3, -0.25) is 9.59 Å². The first-order chi connectivity index (χ1) is 16.1. The number of amides is 2. The maximum atomic E-state index is 12.6. The van der Waals surface area contributed by atoms with E-state index in [2.05, 4.69) is 10.6 Å². The summed E-state index contributed by atoms with van der Waals surface area (Å²) in [6, 6.07) is 13.7. The summed E-state index contributed by atoms with van der Waals surface area (Å²) >= 11 is 0. The molecule has 0 radical (unpaired) electrons. The summed E-state index contributed by atoms with van der Waals surface area (Å²) in [5, 5.41) is 5.31. The predicted octanol–water partition coefficient (Wildman–Crippen LogP) is 4.24. The lowest BCUT2D eigenvalue weighted by Gasteiger charge is -2.13. The summed E-state index contributed by atoms with van der Waals surface area (Å²) in [6.45, 7) is 10.9. The van der Waals surface area contributed by atoms with E-state index < -0.39 is 18.5 Å². The van der Waals surface area contributed by atoms with Crippen LogP contribution in [0.15, 0.2) is 42.5 Å². The second kappa shape index (κ2) is 10.4. The highest BCUT2D eigenvalue weighted by Crippen LogP contribution is 2.23. The van der Waals surface area contributed by atoms with Crippen molar-refractivity contribution in [2.75, 3.05) is 18.5 Å². The van der Waals surface area contributed by atoms with Crippen molar-refractivity contribution in [1.29, 1.82) is 0 Å². The minimum atomic E-state index is -0.586. The van der Waals surface area contributed by atoms with Crippen LogP contribution in [0.4, 0.5) is 5.69 Å². The summed E-state index contributed by atoms with van der Waals surface area (Å²) < 4.78 is 7.18. The first kappa shape index (κ1) is 24.8. The molecule has 2 N–H and O–H groups in total. The summed E-state index contributed by atoms with van der Waals surface area (Å²) in [5.41, 5.74) is 7.84. The molecule has 0 fully saturated rings. The molecular weight excluding hydrogens is 430 g/mol. The number of esters is 1. The lowest BCUT2D eigenvalue weighted by Crippen LogP contribution is -2.35. The van der Waals surface area contributed by atoms with E-state index in [0.29, 0.717) is 5.56 Å². The lowest BCUT2D eigenvalue weighted by molar-refractivity contribution is -0.126. The average molecular weight is 462 g/mol. The highest BCUT2D eigenvalue weighted by molar-refractivity contribution is 5.97. The minimum absolute atomic E-state index is 0.217. The van der Waals surface area contributed by atoms with Gasteiger partial charge in [-0.2, -0.15) is 0 Å². The number of carbonyl (C=O) groups excluding carboxylic acids is 3. The van der Waals surface area contributed by atoms with E-state index in [1.54, 1.807) is 6.07 Å². The molecule has 0 aliphatic heterocycles. The van der Waals surface area contributed by atoms with Crippen molar-refractivity contribution < 1.29 is 19.1 Å². The van der Waals surface area contributed by atoms with Crippen LogP contribution in [0, 0.1) is 41.5 Å². The van der Waals surface area contributed by atoms with Crippen LogP contribution in [-0.2, 0) is 14.3 Å². The molecule has 0 saturated carbocycles. The Labute approximate surface area is 200 Å². The number of aromatic nitrogens is 1. The quantitative estimate of drug-likeness (QED) is 0.515. The van der Waals surface area contributed by atoms with Gasteiger partial charge in [0, 0.05) is 22.8 Å². The standard InChI is InChI=1S/C27H31N3O4/c1-16-8-7-9-22(12-16)30-20(5)13-23(21(30)6)27(33)34-15-25(32)28-14-24(31)29-26-18(3)10-17(2)11-19(26)4/h7-13H,14-15H2,1-6H3,(H,28,32)(H,29,31). The average Bonchev–Trinajstić information content (AvgIpc) is 3.07. The molecule has 178 valence electrons. The summed E-state index contributed by atoms with van der Waals surface area (Å²) in [7, 11) is 0. The van der Waals surface area contributed by atoms with Crippen LogP contribution < -0.4 is 10.6 Å². The third kappa shape index (κ3) is 5.73. The van der Waals surface area contributed by atoms with E-state index in [1.165, 1.54) is 0 Å². The Morgan fingerprint density at radius 2 is 1.53 bits per heavy atom. The van der Waals surface area contributed by atoms with Gasteiger partial charge in [0.25, 0.3) is 5.91 Å². The van der Waals surface area contributed by atoms with Crippen molar-refractivity contribution in [3.05, 3.63) is 81.7 Å². The number of benzene rings is 2. The van der Waals surface area contributed by atoms with Crippen molar-refractivity contribution in [2.45, 2.75) is 41.5 Å². The zero-order valence-electron chi connectivity index (χ0n) is 20.5. The molecule has 1 aromatic heterocycles. The molecule has 3 rings (SSSR count). The SMILES string of the molecule is Cc1cccc(-n2c(C)cc(C(=O)OCC(=O)NCC(=O)Nc3c(C)cc(C)cc3C)c2C)c1. The van der Waals surface area contributed by atoms with Gasteiger partial charge in [-0.15, -0.1) is 0 Å². The molecular formula is C27H31N3O4. The zero-order valence-corrected chi connectivity index (χ0v) is 20.5. The van der Waals surface area contributed by atoms with Crippen LogP contribution in [0.2, 0.25) is 0 Å². The topological polar surface area (TPSA) is 89.4 Å². The van der Waals surface area contributed by atoms with Crippen LogP contribution in [0.3, 0.4) is 0 Å². The molecule has 0 saturated heterocycles. The van der Waals surface area contributed by atoms with Crippen LogP contribution in [0.5, 0.6) is 0 Å². The molecule has 0 unspecified atom stereocenters.